The van der Waals surface area contributed by atoms with E-state index in [1.807, 2.05) is 55.5 Å². The number of aromatic nitrogens is 1. The van der Waals surface area contributed by atoms with Crippen molar-refractivity contribution in [1.82, 2.24) is 10.4 Å². The van der Waals surface area contributed by atoms with Crippen LogP contribution in [0.15, 0.2) is 53.6 Å². The predicted molar refractivity (Wildman–Crippen MR) is 103 cm³/mol. The summed E-state index contributed by atoms with van der Waals surface area (Å²) in [6, 6.07) is 15.7. The van der Waals surface area contributed by atoms with Crippen LogP contribution < -0.4 is 5.43 Å². The molecule has 0 fully saturated rings. The molecule has 0 aliphatic heterocycles. The number of hydrazone groups is 1. The lowest BCUT2D eigenvalue weighted by Crippen LogP contribution is -2.18. The van der Waals surface area contributed by atoms with Crippen molar-refractivity contribution >= 4 is 23.0 Å². The van der Waals surface area contributed by atoms with Crippen LogP contribution in [0, 0.1) is 6.92 Å². The number of hydrogen-bond acceptors (Lipinski definition) is 2. The third kappa shape index (κ3) is 3.63. The summed E-state index contributed by atoms with van der Waals surface area (Å²) in [4.78, 5) is 15.6. The van der Waals surface area contributed by atoms with Crippen LogP contribution in [-0.2, 0) is 5.41 Å². The average molecular weight is 333 g/mol. The highest BCUT2D eigenvalue weighted by atomic mass is 16.2. The zero-order valence-electron chi connectivity index (χ0n) is 15.1. The van der Waals surface area contributed by atoms with Gasteiger partial charge in [-0.25, -0.2) is 5.43 Å². The van der Waals surface area contributed by atoms with Crippen LogP contribution in [0.5, 0.6) is 0 Å². The van der Waals surface area contributed by atoms with E-state index in [2.05, 4.69) is 36.3 Å². The lowest BCUT2D eigenvalue weighted by Gasteiger charge is -2.18. The number of nitrogens with zero attached hydrogens (tertiary/aromatic N) is 1. The summed E-state index contributed by atoms with van der Waals surface area (Å²) in [5.41, 5.74) is 7.54. The molecule has 0 spiro atoms. The summed E-state index contributed by atoms with van der Waals surface area (Å²) in [5.74, 6) is -0.214. The van der Waals surface area contributed by atoms with Crippen LogP contribution in [0.25, 0.3) is 10.9 Å². The minimum Gasteiger partial charge on any atom is -0.358 e. The normalized spacial score (nSPS) is 12.0. The Kier molecular flexibility index (Phi) is 4.45. The predicted octanol–water partition coefficient (Wildman–Crippen LogP) is 4.54. The highest BCUT2D eigenvalue weighted by Gasteiger charge is 2.14. The molecule has 0 radical (unpaired) electrons. The lowest BCUT2D eigenvalue weighted by atomic mass is 9.87. The Balaban J connectivity index is 1.73. The van der Waals surface area contributed by atoms with Crippen molar-refractivity contribution in [3.05, 3.63) is 70.9 Å². The van der Waals surface area contributed by atoms with Gasteiger partial charge in [0.1, 0.15) is 0 Å². The Morgan fingerprint density at radius 3 is 2.44 bits per heavy atom. The van der Waals surface area contributed by atoms with Crippen molar-refractivity contribution in [3.63, 3.8) is 0 Å². The molecule has 1 amide bonds. The van der Waals surface area contributed by atoms with Crippen molar-refractivity contribution in [3.8, 4) is 0 Å². The third-order valence-corrected chi connectivity index (χ3v) is 4.32. The van der Waals surface area contributed by atoms with Gasteiger partial charge in [0, 0.05) is 27.7 Å². The summed E-state index contributed by atoms with van der Waals surface area (Å²) in [6.45, 7) is 8.44. The second-order valence-corrected chi connectivity index (χ2v) is 7.24. The number of H-pyrrole nitrogens is 1. The van der Waals surface area contributed by atoms with Gasteiger partial charge in [-0.2, -0.15) is 5.10 Å². The fourth-order valence-corrected chi connectivity index (χ4v) is 2.81. The van der Waals surface area contributed by atoms with Gasteiger partial charge < -0.3 is 4.98 Å². The molecule has 0 bridgehead atoms. The number of carbonyl (C=O) groups excluding carboxylic acids is 1. The molecule has 1 heterocycles. The van der Waals surface area contributed by atoms with E-state index < -0.39 is 0 Å². The molecule has 0 atom stereocenters. The van der Waals surface area contributed by atoms with Gasteiger partial charge in [0.2, 0.25) is 0 Å². The molecule has 1 aromatic heterocycles. The molecule has 0 aliphatic rings. The van der Waals surface area contributed by atoms with Crippen LogP contribution in [0.3, 0.4) is 0 Å². The second kappa shape index (κ2) is 6.55. The first kappa shape index (κ1) is 17.0. The van der Waals surface area contributed by atoms with Crippen LogP contribution in [0.1, 0.15) is 48.0 Å². The maximum absolute atomic E-state index is 12.2. The highest BCUT2D eigenvalue weighted by molar-refractivity contribution is 6.01. The van der Waals surface area contributed by atoms with E-state index in [9.17, 15) is 4.79 Å². The Morgan fingerprint density at radius 2 is 1.76 bits per heavy atom. The molecule has 3 rings (SSSR count). The lowest BCUT2D eigenvalue weighted by molar-refractivity contribution is 0.0955. The Labute approximate surface area is 148 Å². The number of aryl methyl sites for hydroxylation is 1. The van der Waals surface area contributed by atoms with E-state index in [0.29, 0.717) is 5.56 Å². The van der Waals surface area contributed by atoms with Gasteiger partial charge in [-0.3, -0.25) is 4.79 Å². The zero-order chi connectivity index (χ0) is 18.0. The van der Waals surface area contributed by atoms with Crippen LogP contribution >= 0.6 is 0 Å². The number of amides is 1. The molecular weight excluding hydrogens is 310 g/mol. The van der Waals surface area contributed by atoms with Crippen molar-refractivity contribution in [2.45, 2.75) is 33.1 Å². The highest BCUT2D eigenvalue weighted by Crippen LogP contribution is 2.22. The van der Waals surface area contributed by atoms with E-state index in [4.69, 9.17) is 0 Å². The van der Waals surface area contributed by atoms with Crippen molar-refractivity contribution in [2.24, 2.45) is 5.10 Å². The number of nitrogens with one attached hydrogen (secondary N) is 2. The largest absolute Gasteiger partial charge is 0.358 e. The van der Waals surface area contributed by atoms with Gasteiger partial charge in [0.05, 0.1) is 6.21 Å². The molecule has 4 heteroatoms. The van der Waals surface area contributed by atoms with Crippen LogP contribution in [-0.4, -0.2) is 17.1 Å². The summed E-state index contributed by atoms with van der Waals surface area (Å²) < 4.78 is 0. The molecule has 25 heavy (non-hydrogen) atoms. The number of fused-ring (bicyclic) bond motifs is 1. The van der Waals surface area contributed by atoms with Gasteiger partial charge in [-0.1, -0.05) is 51.1 Å². The summed E-state index contributed by atoms with van der Waals surface area (Å²) in [7, 11) is 0. The molecule has 2 aromatic carbocycles. The summed E-state index contributed by atoms with van der Waals surface area (Å²) in [5, 5.41) is 5.22. The van der Waals surface area contributed by atoms with Crippen molar-refractivity contribution < 1.29 is 4.79 Å². The van der Waals surface area contributed by atoms with Gasteiger partial charge in [0.15, 0.2) is 0 Å². The monoisotopic (exact) mass is 333 g/mol. The number of para-hydroxylation sites is 1. The first-order valence-electron chi connectivity index (χ1n) is 8.37. The quantitative estimate of drug-likeness (QED) is 0.536. The van der Waals surface area contributed by atoms with Crippen LogP contribution in [0.4, 0.5) is 0 Å². The molecule has 0 saturated heterocycles. The maximum atomic E-state index is 12.2. The first-order chi connectivity index (χ1) is 11.9. The minimum absolute atomic E-state index is 0.0695. The van der Waals surface area contributed by atoms with E-state index in [-0.39, 0.29) is 11.3 Å². The van der Waals surface area contributed by atoms with Gasteiger partial charge in [-0.15, -0.1) is 0 Å². The Morgan fingerprint density at radius 1 is 1.08 bits per heavy atom. The van der Waals surface area contributed by atoms with E-state index in [1.54, 1.807) is 6.21 Å². The average Bonchev–Trinajstić information content (AvgIpc) is 2.90. The van der Waals surface area contributed by atoms with E-state index in [1.165, 1.54) is 5.56 Å². The van der Waals surface area contributed by atoms with Crippen molar-refractivity contribution in [2.75, 3.05) is 0 Å². The molecular formula is C21H23N3O. The molecule has 2 N–H and O–H groups in total. The zero-order valence-corrected chi connectivity index (χ0v) is 15.1. The van der Waals surface area contributed by atoms with Crippen molar-refractivity contribution in [1.29, 1.82) is 0 Å². The SMILES string of the molecule is Cc1[nH]c2ccccc2c1/C=N\NC(=O)c1ccc(C(C)(C)C)cc1. The summed E-state index contributed by atoms with van der Waals surface area (Å²) >= 11 is 0. The number of aromatic amines is 1. The number of hydrogen-bond donors (Lipinski definition) is 2. The number of carbonyl (C=O) groups is 1. The molecule has 0 aliphatic carbocycles. The summed E-state index contributed by atoms with van der Waals surface area (Å²) in [6.07, 6.45) is 1.69. The Bertz CT molecular complexity index is 928. The number of rotatable bonds is 3. The fourth-order valence-electron chi connectivity index (χ4n) is 2.81. The topological polar surface area (TPSA) is 57.2 Å². The second-order valence-electron chi connectivity index (χ2n) is 7.24. The minimum atomic E-state index is -0.214. The standard InChI is InChI=1S/C21H23N3O/c1-14-18(17-7-5-6-8-19(17)23-14)13-22-24-20(25)15-9-11-16(12-10-15)21(2,3)4/h5-13,23H,1-4H3,(H,24,25)/b22-13-. The maximum Gasteiger partial charge on any atom is 0.271 e. The molecule has 0 saturated carbocycles. The fraction of sp³-hybridized carbons (Fsp3) is 0.238. The number of benzene rings is 2. The third-order valence-electron chi connectivity index (χ3n) is 4.32. The molecule has 3 aromatic rings. The van der Waals surface area contributed by atoms with E-state index in [0.717, 1.165) is 22.2 Å². The van der Waals surface area contributed by atoms with Gasteiger partial charge >= 0.3 is 0 Å². The molecule has 4 nitrogen and oxygen atoms in total. The molecule has 128 valence electrons. The first-order valence-corrected chi connectivity index (χ1v) is 8.37. The Hall–Kier alpha value is -2.88. The van der Waals surface area contributed by atoms with Gasteiger partial charge in [0.25, 0.3) is 5.91 Å². The van der Waals surface area contributed by atoms with Crippen LogP contribution in [0.2, 0.25) is 0 Å². The van der Waals surface area contributed by atoms with Gasteiger partial charge in [-0.05, 0) is 36.1 Å². The smallest absolute Gasteiger partial charge is 0.271 e. The molecule has 0 unspecified atom stereocenters. The van der Waals surface area contributed by atoms with E-state index >= 15 is 0 Å².